The van der Waals surface area contributed by atoms with E-state index in [1.54, 1.807) is 4.90 Å². The standard InChI is InChI=1S/C14H18F2N2O2/c1-3-9-7-20-8(2)6-18(9)14(19)10-4-13(17)12(16)5-11(10)15/h4-5,8-9H,3,6-7,17H2,1-2H3. The van der Waals surface area contributed by atoms with E-state index in [0.717, 1.165) is 6.07 Å². The van der Waals surface area contributed by atoms with Crippen LogP contribution >= 0.6 is 0 Å². The zero-order valence-corrected chi connectivity index (χ0v) is 11.5. The van der Waals surface area contributed by atoms with Crippen molar-refractivity contribution in [2.24, 2.45) is 0 Å². The molecule has 1 aromatic carbocycles. The van der Waals surface area contributed by atoms with Crippen LogP contribution in [0.3, 0.4) is 0 Å². The number of hydrogen-bond donors (Lipinski definition) is 1. The van der Waals surface area contributed by atoms with Crippen LogP contribution in [-0.2, 0) is 4.74 Å². The molecular formula is C14H18F2N2O2. The highest BCUT2D eigenvalue weighted by Gasteiger charge is 2.31. The highest BCUT2D eigenvalue weighted by atomic mass is 19.1. The molecule has 1 aliphatic rings. The van der Waals surface area contributed by atoms with Crippen LogP contribution in [0.25, 0.3) is 0 Å². The number of carbonyl (C=O) groups excluding carboxylic acids is 1. The van der Waals surface area contributed by atoms with Crippen molar-refractivity contribution in [1.29, 1.82) is 0 Å². The lowest BCUT2D eigenvalue weighted by Gasteiger charge is -2.38. The predicted molar refractivity (Wildman–Crippen MR) is 71.3 cm³/mol. The summed E-state index contributed by atoms with van der Waals surface area (Å²) in [6.07, 6.45) is 0.596. The SMILES string of the molecule is CCC1COC(C)CN1C(=O)c1cc(N)c(F)cc1F. The normalized spacial score (nSPS) is 22.9. The maximum Gasteiger partial charge on any atom is 0.257 e. The van der Waals surface area contributed by atoms with Crippen molar-refractivity contribution >= 4 is 11.6 Å². The Morgan fingerprint density at radius 3 is 2.80 bits per heavy atom. The Labute approximate surface area is 116 Å². The van der Waals surface area contributed by atoms with Crippen LogP contribution in [0, 0.1) is 11.6 Å². The van der Waals surface area contributed by atoms with Crippen LogP contribution in [0.1, 0.15) is 30.6 Å². The molecule has 20 heavy (non-hydrogen) atoms. The van der Waals surface area contributed by atoms with Gasteiger partial charge in [0, 0.05) is 12.6 Å². The molecule has 1 amide bonds. The Balaban J connectivity index is 2.32. The van der Waals surface area contributed by atoms with Crippen LogP contribution in [0.5, 0.6) is 0 Å². The number of nitrogen functional groups attached to an aromatic ring is 1. The number of nitrogens with zero attached hydrogens (tertiary/aromatic N) is 1. The average molecular weight is 284 g/mol. The highest BCUT2D eigenvalue weighted by molar-refractivity contribution is 5.95. The minimum atomic E-state index is -0.893. The molecule has 0 spiro atoms. The number of rotatable bonds is 2. The molecule has 2 unspecified atom stereocenters. The number of carbonyl (C=O) groups is 1. The van der Waals surface area contributed by atoms with E-state index >= 15 is 0 Å². The van der Waals surface area contributed by atoms with Crippen molar-refractivity contribution in [3.8, 4) is 0 Å². The van der Waals surface area contributed by atoms with Crippen molar-refractivity contribution in [2.75, 3.05) is 18.9 Å². The number of anilines is 1. The summed E-state index contributed by atoms with van der Waals surface area (Å²) < 4.78 is 32.4. The Bertz CT molecular complexity index is 522. The molecule has 1 aliphatic heterocycles. The molecule has 0 aliphatic carbocycles. The molecule has 6 heteroatoms. The van der Waals surface area contributed by atoms with Gasteiger partial charge in [0.1, 0.15) is 11.6 Å². The number of nitrogens with two attached hydrogens (primary N) is 1. The summed E-state index contributed by atoms with van der Waals surface area (Å²) in [4.78, 5) is 14.0. The lowest BCUT2D eigenvalue weighted by atomic mass is 10.1. The molecule has 2 N–H and O–H groups in total. The molecular weight excluding hydrogens is 266 g/mol. The molecule has 0 aromatic heterocycles. The van der Waals surface area contributed by atoms with Gasteiger partial charge in [-0.3, -0.25) is 4.79 Å². The third kappa shape index (κ3) is 2.75. The van der Waals surface area contributed by atoms with Crippen LogP contribution in [0.2, 0.25) is 0 Å². The zero-order chi connectivity index (χ0) is 14.9. The third-order valence-corrected chi connectivity index (χ3v) is 3.52. The maximum absolute atomic E-state index is 13.8. The molecule has 1 aromatic rings. The van der Waals surface area contributed by atoms with Crippen LogP contribution in [0.4, 0.5) is 14.5 Å². The fourth-order valence-corrected chi connectivity index (χ4v) is 2.32. The monoisotopic (exact) mass is 284 g/mol. The Morgan fingerprint density at radius 2 is 2.15 bits per heavy atom. The third-order valence-electron chi connectivity index (χ3n) is 3.52. The molecule has 4 nitrogen and oxygen atoms in total. The highest BCUT2D eigenvalue weighted by Crippen LogP contribution is 2.22. The van der Waals surface area contributed by atoms with Crippen molar-refractivity contribution in [3.05, 3.63) is 29.3 Å². The number of benzene rings is 1. The molecule has 0 bridgehead atoms. The van der Waals surface area contributed by atoms with Crippen LogP contribution in [-0.4, -0.2) is 36.1 Å². The van der Waals surface area contributed by atoms with E-state index in [9.17, 15) is 13.6 Å². The van der Waals surface area contributed by atoms with Crippen molar-refractivity contribution < 1.29 is 18.3 Å². The molecule has 0 radical (unpaired) electrons. The number of halogens is 2. The molecule has 2 atom stereocenters. The number of morpholine rings is 1. The average Bonchev–Trinajstić information content (AvgIpc) is 2.42. The van der Waals surface area contributed by atoms with Gasteiger partial charge < -0.3 is 15.4 Å². The first kappa shape index (κ1) is 14.7. The zero-order valence-electron chi connectivity index (χ0n) is 11.5. The first-order chi connectivity index (χ1) is 9.43. The van der Waals surface area contributed by atoms with Gasteiger partial charge in [-0.25, -0.2) is 8.78 Å². The van der Waals surface area contributed by atoms with Gasteiger partial charge in [0.15, 0.2) is 0 Å². The van der Waals surface area contributed by atoms with E-state index in [1.165, 1.54) is 0 Å². The van der Waals surface area contributed by atoms with E-state index in [4.69, 9.17) is 10.5 Å². The van der Waals surface area contributed by atoms with Gasteiger partial charge in [-0.2, -0.15) is 0 Å². The van der Waals surface area contributed by atoms with E-state index in [-0.39, 0.29) is 23.4 Å². The predicted octanol–water partition coefficient (Wildman–Crippen LogP) is 2.19. The quantitative estimate of drug-likeness (QED) is 0.847. The molecule has 2 rings (SSSR count). The number of ether oxygens (including phenoxy) is 1. The second-order valence-corrected chi connectivity index (χ2v) is 5.02. The minimum absolute atomic E-state index is 0.107. The fraction of sp³-hybridized carbons (Fsp3) is 0.500. The molecule has 0 saturated carbocycles. The van der Waals surface area contributed by atoms with Gasteiger partial charge in [-0.1, -0.05) is 6.92 Å². The van der Waals surface area contributed by atoms with Gasteiger partial charge in [-0.05, 0) is 19.4 Å². The van der Waals surface area contributed by atoms with Gasteiger partial charge in [-0.15, -0.1) is 0 Å². The lowest BCUT2D eigenvalue weighted by molar-refractivity contribution is -0.0445. The van der Waals surface area contributed by atoms with E-state index in [0.29, 0.717) is 25.6 Å². The van der Waals surface area contributed by atoms with E-state index in [1.807, 2.05) is 13.8 Å². The first-order valence-electron chi connectivity index (χ1n) is 6.61. The Morgan fingerprint density at radius 1 is 1.45 bits per heavy atom. The number of hydrogen-bond acceptors (Lipinski definition) is 3. The topological polar surface area (TPSA) is 55.6 Å². The summed E-state index contributed by atoms with van der Waals surface area (Å²) >= 11 is 0. The van der Waals surface area contributed by atoms with Crippen molar-refractivity contribution in [1.82, 2.24) is 4.90 Å². The molecule has 1 saturated heterocycles. The second-order valence-electron chi connectivity index (χ2n) is 5.02. The summed E-state index contributed by atoms with van der Waals surface area (Å²) in [6, 6.07) is 1.59. The fourth-order valence-electron chi connectivity index (χ4n) is 2.32. The van der Waals surface area contributed by atoms with Gasteiger partial charge in [0.25, 0.3) is 5.91 Å². The van der Waals surface area contributed by atoms with Gasteiger partial charge in [0.05, 0.1) is 30.0 Å². The van der Waals surface area contributed by atoms with Gasteiger partial charge >= 0.3 is 0 Å². The van der Waals surface area contributed by atoms with E-state index in [2.05, 4.69) is 0 Å². The Kier molecular flexibility index (Phi) is 4.23. The summed E-state index contributed by atoms with van der Waals surface area (Å²) in [5, 5.41) is 0. The van der Waals surface area contributed by atoms with Crippen molar-refractivity contribution in [3.63, 3.8) is 0 Å². The van der Waals surface area contributed by atoms with Crippen LogP contribution in [0.15, 0.2) is 12.1 Å². The first-order valence-corrected chi connectivity index (χ1v) is 6.61. The number of amides is 1. The molecule has 1 heterocycles. The van der Waals surface area contributed by atoms with Crippen LogP contribution < -0.4 is 5.73 Å². The molecule has 110 valence electrons. The minimum Gasteiger partial charge on any atom is -0.396 e. The summed E-state index contributed by atoms with van der Waals surface area (Å²) in [7, 11) is 0. The smallest absolute Gasteiger partial charge is 0.257 e. The largest absolute Gasteiger partial charge is 0.396 e. The second kappa shape index (κ2) is 5.75. The van der Waals surface area contributed by atoms with E-state index < -0.39 is 17.5 Å². The summed E-state index contributed by atoms with van der Waals surface area (Å²) in [5.74, 6) is -2.23. The Hall–Kier alpha value is -1.69. The van der Waals surface area contributed by atoms with Gasteiger partial charge in [0.2, 0.25) is 0 Å². The van der Waals surface area contributed by atoms with Crippen molar-refractivity contribution in [2.45, 2.75) is 32.4 Å². The maximum atomic E-state index is 13.8. The summed E-state index contributed by atoms with van der Waals surface area (Å²) in [6.45, 7) is 4.58. The summed E-state index contributed by atoms with van der Waals surface area (Å²) in [5.41, 5.74) is 4.98. The molecule has 1 fully saturated rings. The lowest BCUT2D eigenvalue weighted by Crippen LogP contribution is -2.51.